The molecule has 3 nitrogen and oxygen atoms in total. The summed E-state index contributed by atoms with van der Waals surface area (Å²) in [6, 6.07) is 5.30. The van der Waals surface area contributed by atoms with Gasteiger partial charge in [-0.2, -0.15) is 5.26 Å². The summed E-state index contributed by atoms with van der Waals surface area (Å²) in [5.74, 6) is -0.370. The van der Waals surface area contributed by atoms with Crippen molar-refractivity contribution < 1.29 is 9.53 Å². The smallest absolute Gasteiger partial charge is 0.338 e. The van der Waals surface area contributed by atoms with E-state index in [1.165, 1.54) is 7.11 Å². The van der Waals surface area contributed by atoms with Crippen LogP contribution in [0.15, 0.2) is 12.1 Å². The molecule has 0 aliphatic carbocycles. The predicted molar refractivity (Wildman–Crippen MR) is 60.0 cm³/mol. The minimum Gasteiger partial charge on any atom is -0.465 e. The van der Waals surface area contributed by atoms with Gasteiger partial charge in [-0.3, -0.25) is 0 Å². The number of hydrogen-bond acceptors (Lipinski definition) is 3. The van der Waals surface area contributed by atoms with Crippen LogP contribution in [0.25, 0.3) is 0 Å². The van der Waals surface area contributed by atoms with E-state index in [0.717, 1.165) is 9.13 Å². The Morgan fingerprint density at radius 1 is 1.57 bits per heavy atom. The number of benzene rings is 1. The molecule has 0 aliphatic rings. The summed E-state index contributed by atoms with van der Waals surface area (Å²) in [7, 11) is 1.34. The quantitative estimate of drug-likeness (QED) is 0.590. The van der Waals surface area contributed by atoms with Crippen LogP contribution in [0.3, 0.4) is 0 Å². The highest BCUT2D eigenvalue weighted by Gasteiger charge is 2.13. The molecule has 0 aliphatic heterocycles. The topological polar surface area (TPSA) is 50.1 Å². The monoisotopic (exact) mass is 301 g/mol. The maximum absolute atomic E-state index is 11.3. The molecule has 72 valence electrons. The molecule has 1 aromatic rings. The van der Waals surface area contributed by atoms with E-state index in [1.54, 1.807) is 19.1 Å². The Morgan fingerprint density at radius 2 is 2.21 bits per heavy atom. The SMILES string of the molecule is COC(=O)c1ccc(C#N)c(I)c1C. The average Bonchev–Trinajstić information content (AvgIpc) is 2.21. The van der Waals surface area contributed by atoms with Gasteiger partial charge in [0.2, 0.25) is 0 Å². The van der Waals surface area contributed by atoms with Gasteiger partial charge in [0.25, 0.3) is 0 Å². The Labute approximate surface area is 95.8 Å². The van der Waals surface area contributed by atoms with Crippen LogP contribution in [-0.4, -0.2) is 13.1 Å². The highest BCUT2D eigenvalue weighted by atomic mass is 127. The van der Waals surface area contributed by atoms with Gasteiger partial charge in [0, 0.05) is 3.57 Å². The van der Waals surface area contributed by atoms with Crippen LogP contribution in [0.2, 0.25) is 0 Å². The van der Waals surface area contributed by atoms with Crippen LogP contribution in [0.4, 0.5) is 0 Å². The molecule has 14 heavy (non-hydrogen) atoms. The number of carbonyl (C=O) groups is 1. The van der Waals surface area contributed by atoms with E-state index in [-0.39, 0.29) is 5.97 Å². The number of halogens is 1. The number of nitrogens with zero attached hydrogens (tertiary/aromatic N) is 1. The highest BCUT2D eigenvalue weighted by Crippen LogP contribution is 2.20. The fourth-order valence-electron chi connectivity index (χ4n) is 1.10. The predicted octanol–water partition coefficient (Wildman–Crippen LogP) is 2.26. The minimum atomic E-state index is -0.370. The van der Waals surface area contributed by atoms with Crippen molar-refractivity contribution in [3.05, 3.63) is 32.4 Å². The molecule has 0 amide bonds. The second-order valence-electron chi connectivity index (χ2n) is 2.70. The minimum absolute atomic E-state index is 0.370. The van der Waals surface area contributed by atoms with Gasteiger partial charge in [0.15, 0.2) is 0 Å². The van der Waals surface area contributed by atoms with E-state index < -0.39 is 0 Å². The van der Waals surface area contributed by atoms with E-state index >= 15 is 0 Å². The van der Waals surface area contributed by atoms with Crippen molar-refractivity contribution in [2.45, 2.75) is 6.92 Å². The maximum Gasteiger partial charge on any atom is 0.338 e. The van der Waals surface area contributed by atoms with E-state index in [1.807, 2.05) is 22.6 Å². The lowest BCUT2D eigenvalue weighted by molar-refractivity contribution is 0.0600. The third-order valence-electron chi connectivity index (χ3n) is 1.91. The lowest BCUT2D eigenvalue weighted by Gasteiger charge is -2.06. The van der Waals surface area contributed by atoms with E-state index in [2.05, 4.69) is 10.8 Å². The molecule has 1 aromatic carbocycles. The summed E-state index contributed by atoms with van der Waals surface area (Å²) in [6.07, 6.45) is 0. The van der Waals surface area contributed by atoms with Gasteiger partial charge in [0.1, 0.15) is 6.07 Å². The van der Waals surface area contributed by atoms with Gasteiger partial charge < -0.3 is 4.74 Å². The van der Waals surface area contributed by atoms with Crippen LogP contribution < -0.4 is 0 Å². The number of nitriles is 1. The van der Waals surface area contributed by atoms with E-state index in [0.29, 0.717) is 11.1 Å². The van der Waals surface area contributed by atoms with Crippen molar-refractivity contribution in [1.82, 2.24) is 0 Å². The zero-order chi connectivity index (χ0) is 10.7. The number of ether oxygens (including phenoxy) is 1. The summed E-state index contributed by atoms with van der Waals surface area (Å²) in [5.41, 5.74) is 1.88. The summed E-state index contributed by atoms with van der Waals surface area (Å²) < 4.78 is 5.42. The second-order valence-corrected chi connectivity index (χ2v) is 3.78. The van der Waals surface area contributed by atoms with Crippen molar-refractivity contribution >= 4 is 28.6 Å². The summed E-state index contributed by atoms with van der Waals surface area (Å²) in [6.45, 7) is 1.80. The normalized spacial score (nSPS) is 9.29. The molecule has 0 saturated heterocycles. The number of esters is 1. The molecular formula is C10H8INO2. The van der Waals surface area contributed by atoms with Gasteiger partial charge in [0.05, 0.1) is 18.2 Å². The molecule has 0 fully saturated rings. The standard InChI is InChI=1S/C10H8INO2/c1-6-8(10(13)14-2)4-3-7(5-12)9(6)11/h3-4H,1-2H3. The summed E-state index contributed by atoms with van der Waals surface area (Å²) in [4.78, 5) is 11.3. The van der Waals surface area contributed by atoms with Crippen molar-refractivity contribution in [3.8, 4) is 6.07 Å². The second kappa shape index (κ2) is 4.42. The number of methoxy groups -OCH3 is 1. The highest BCUT2D eigenvalue weighted by molar-refractivity contribution is 14.1. The number of rotatable bonds is 1. The number of carbonyl (C=O) groups excluding carboxylic acids is 1. The largest absolute Gasteiger partial charge is 0.465 e. The first-order valence-corrected chi connectivity index (χ1v) is 4.97. The van der Waals surface area contributed by atoms with Crippen LogP contribution in [0, 0.1) is 21.8 Å². The molecule has 0 N–H and O–H groups in total. The third-order valence-corrected chi connectivity index (χ3v) is 3.30. The zero-order valence-corrected chi connectivity index (χ0v) is 9.95. The summed E-state index contributed by atoms with van der Waals surface area (Å²) in [5, 5.41) is 8.76. The third kappa shape index (κ3) is 1.87. The van der Waals surface area contributed by atoms with Gasteiger partial charge in [-0.25, -0.2) is 4.79 Å². The van der Waals surface area contributed by atoms with Gasteiger partial charge >= 0.3 is 5.97 Å². The van der Waals surface area contributed by atoms with Gasteiger partial charge in [-0.15, -0.1) is 0 Å². The molecular weight excluding hydrogens is 293 g/mol. The molecule has 0 spiro atoms. The van der Waals surface area contributed by atoms with E-state index in [4.69, 9.17) is 5.26 Å². The molecule has 0 radical (unpaired) electrons. The van der Waals surface area contributed by atoms with E-state index in [9.17, 15) is 4.79 Å². The average molecular weight is 301 g/mol. The van der Waals surface area contributed by atoms with Crippen molar-refractivity contribution in [3.63, 3.8) is 0 Å². The molecule has 0 heterocycles. The molecule has 0 aromatic heterocycles. The first-order chi connectivity index (χ1) is 6.61. The molecule has 0 saturated carbocycles. The van der Waals surface area contributed by atoms with Crippen LogP contribution >= 0.6 is 22.6 Å². The lowest BCUT2D eigenvalue weighted by atomic mass is 10.1. The molecule has 1 rings (SSSR count). The lowest BCUT2D eigenvalue weighted by Crippen LogP contribution is -2.05. The molecule has 4 heteroatoms. The maximum atomic E-state index is 11.3. The van der Waals surface area contributed by atoms with Crippen molar-refractivity contribution in [1.29, 1.82) is 5.26 Å². The fourth-order valence-corrected chi connectivity index (χ4v) is 1.69. The fraction of sp³-hybridized carbons (Fsp3) is 0.200. The Morgan fingerprint density at radius 3 is 2.71 bits per heavy atom. The van der Waals surface area contributed by atoms with Gasteiger partial charge in [-0.05, 0) is 47.2 Å². The van der Waals surface area contributed by atoms with Gasteiger partial charge in [-0.1, -0.05) is 0 Å². The molecule has 0 unspecified atom stereocenters. The Hall–Kier alpha value is -1.09. The van der Waals surface area contributed by atoms with Crippen LogP contribution in [0.5, 0.6) is 0 Å². The molecule has 0 atom stereocenters. The van der Waals surface area contributed by atoms with Crippen LogP contribution in [0.1, 0.15) is 21.5 Å². The summed E-state index contributed by atoms with van der Waals surface area (Å²) >= 11 is 2.05. The van der Waals surface area contributed by atoms with Crippen LogP contribution in [-0.2, 0) is 4.74 Å². The Balaban J connectivity index is 3.33. The van der Waals surface area contributed by atoms with Crippen molar-refractivity contribution in [2.75, 3.05) is 7.11 Å². The first-order valence-electron chi connectivity index (χ1n) is 3.89. The molecule has 0 bridgehead atoms. The first kappa shape index (κ1) is 11.0. The number of hydrogen-bond donors (Lipinski definition) is 0. The Kier molecular flexibility index (Phi) is 3.47. The van der Waals surface area contributed by atoms with Crippen molar-refractivity contribution in [2.24, 2.45) is 0 Å². The zero-order valence-electron chi connectivity index (χ0n) is 7.80. The Bertz CT molecular complexity index is 421.